The Bertz CT molecular complexity index is 1000. The lowest BCUT2D eigenvalue weighted by Crippen LogP contribution is -2.37. The first-order valence-electron chi connectivity index (χ1n) is 8.99. The molecule has 11 heteroatoms. The van der Waals surface area contributed by atoms with Gasteiger partial charge >= 0.3 is 12.4 Å². The van der Waals surface area contributed by atoms with E-state index in [2.05, 4.69) is 5.32 Å². The SMILES string of the molecule is O=C(N[C@H]1CC(=O)N(Cc2cccc(C(F)(F)F)c2)C1)c1cc(C(F)(F)F)ccc1O. The summed E-state index contributed by atoms with van der Waals surface area (Å²) in [5.74, 6) is -2.09. The molecule has 1 aliphatic rings. The van der Waals surface area contributed by atoms with Crippen LogP contribution >= 0.6 is 0 Å². The Balaban J connectivity index is 1.68. The number of amides is 2. The standard InChI is InChI=1S/C20H16F6N2O3/c21-19(22,23)12-3-1-2-11(6-12)9-28-10-14(8-17(28)30)27-18(31)15-7-13(20(24,25)26)4-5-16(15)29/h1-7,14,29H,8-10H2,(H,27,31)/t14-/m0/s1. The van der Waals surface area contributed by atoms with E-state index in [9.17, 15) is 41.0 Å². The van der Waals surface area contributed by atoms with Gasteiger partial charge in [-0.25, -0.2) is 0 Å². The molecule has 0 radical (unpaired) electrons. The first-order valence-corrected chi connectivity index (χ1v) is 8.99. The van der Waals surface area contributed by atoms with Gasteiger partial charge in [0.25, 0.3) is 5.91 Å². The van der Waals surface area contributed by atoms with Crippen molar-refractivity contribution in [1.82, 2.24) is 10.2 Å². The van der Waals surface area contributed by atoms with E-state index in [1.807, 2.05) is 0 Å². The molecular weight excluding hydrogens is 430 g/mol. The third-order valence-corrected chi connectivity index (χ3v) is 4.75. The Labute approximate surface area is 172 Å². The molecule has 0 saturated carbocycles. The quantitative estimate of drug-likeness (QED) is 0.699. The maximum Gasteiger partial charge on any atom is 0.416 e. The number of benzene rings is 2. The minimum atomic E-state index is -4.71. The van der Waals surface area contributed by atoms with E-state index in [1.54, 1.807) is 0 Å². The van der Waals surface area contributed by atoms with Crippen LogP contribution < -0.4 is 5.32 Å². The molecule has 1 aliphatic heterocycles. The molecule has 0 unspecified atom stereocenters. The van der Waals surface area contributed by atoms with Gasteiger partial charge in [0.1, 0.15) is 5.75 Å². The Morgan fingerprint density at radius 2 is 1.68 bits per heavy atom. The lowest BCUT2D eigenvalue weighted by Gasteiger charge is -2.18. The molecule has 0 bridgehead atoms. The van der Waals surface area contributed by atoms with Crippen LogP contribution in [-0.2, 0) is 23.7 Å². The monoisotopic (exact) mass is 446 g/mol. The molecule has 1 atom stereocenters. The Kier molecular flexibility index (Phi) is 5.88. The molecule has 31 heavy (non-hydrogen) atoms. The van der Waals surface area contributed by atoms with Gasteiger partial charge in [0, 0.05) is 19.5 Å². The van der Waals surface area contributed by atoms with Crippen LogP contribution in [0.2, 0.25) is 0 Å². The van der Waals surface area contributed by atoms with E-state index in [4.69, 9.17) is 0 Å². The van der Waals surface area contributed by atoms with E-state index in [0.29, 0.717) is 12.1 Å². The number of carbonyl (C=O) groups excluding carboxylic acids is 2. The van der Waals surface area contributed by atoms with Crippen LogP contribution in [0.25, 0.3) is 0 Å². The number of nitrogens with one attached hydrogen (secondary N) is 1. The number of hydrogen-bond donors (Lipinski definition) is 2. The second-order valence-corrected chi connectivity index (χ2v) is 7.08. The number of phenols is 1. The highest BCUT2D eigenvalue weighted by Gasteiger charge is 2.35. The molecule has 1 fully saturated rings. The molecule has 3 rings (SSSR count). The van der Waals surface area contributed by atoms with Gasteiger partial charge in [-0.2, -0.15) is 26.3 Å². The number of alkyl halides is 6. The predicted octanol–water partition coefficient (Wildman–Crippen LogP) is 3.96. The summed E-state index contributed by atoms with van der Waals surface area (Å²) in [6.45, 7) is -0.162. The summed E-state index contributed by atoms with van der Waals surface area (Å²) < 4.78 is 77.1. The fourth-order valence-electron chi connectivity index (χ4n) is 3.25. The van der Waals surface area contributed by atoms with E-state index in [0.717, 1.165) is 18.2 Å². The van der Waals surface area contributed by atoms with Gasteiger partial charge in [0.2, 0.25) is 5.91 Å². The van der Waals surface area contributed by atoms with Crippen molar-refractivity contribution in [2.45, 2.75) is 31.4 Å². The molecule has 2 N–H and O–H groups in total. The minimum absolute atomic E-state index is 0.0411. The summed E-state index contributed by atoms with van der Waals surface area (Å²) in [5, 5.41) is 12.1. The van der Waals surface area contributed by atoms with Gasteiger partial charge < -0.3 is 15.3 Å². The van der Waals surface area contributed by atoms with Crippen molar-refractivity contribution in [2.75, 3.05) is 6.54 Å². The van der Waals surface area contributed by atoms with Crippen molar-refractivity contribution < 1.29 is 41.0 Å². The van der Waals surface area contributed by atoms with Gasteiger partial charge in [-0.15, -0.1) is 0 Å². The van der Waals surface area contributed by atoms with Crippen LogP contribution in [0.4, 0.5) is 26.3 Å². The number of aromatic hydroxyl groups is 1. The van der Waals surface area contributed by atoms with Crippen LogP contribution in [0.5, 0.6) is 5.75 Å². The topological polar surface area (TPSA) is 69.6 Å². The summed E-state index contributed by atoms with van der Waals surface area (Å²) in [6, 6.07) is 5.56. The third kappa shape index (κ3) is 5.28. The van der Waals surface area contributed by atoms with Crippen molar-refractivity contribution >= 4 is 11.8 Å². The van der Waals surface area contributed by atoms with Gasteiger partial charge in [0.05, 0.1) is 22.7 Å². The highest BCUT2D eigenvalue weighted by Crippen LogP contribution is 2.32. The molecule has 2 aromatic rings. The zero-order valence-electron chi connectivity index (χ0n) is 15.7. The number of hydrogen-bond acceptors (Lipinski definition) is 3. The molecule has 2 aromatic carbocycles. The van der Waals surface area contributed by atoms with Crippen LogP contribution in [0.3, 0.4) is 0 Å². The minimum Gasteiger partial charge on any atom is -0.507 e. The largest absolute Gasteiger partial charge is 0.507 e. The molecule has 1 heterocycles. The molecule has 166 valence electrons. The number of carbonyl (C=O) groups is 2. The van der Waals surface area contributed by atoms with E-state index in [-0.39, 0.29) is 25.1 Å². The highest BCUT2D eigenvalue weighted by atomic mass is 19.4. The summed E-state index contributed by atoms with van der Waals surface area (Å²) >= 11 is 0. The molecule has 0 aliphatic carbocycles. The molecule has 0 spiro atoms. The van der Waals surface area contributed by atoms with Gasteiger partial charge in [0.15, 0.2) is 0 Å². The lowest BCUT2D eigenvalue weighted by molar-refractivity contribution is -0.138. The average molecular weight is 446 g/mol. The second kappa shape index (κ2) is 8.12. The first kappa shape index (κ1) is 22.4. The summed E-state index contributed by atoms with van der Waals surface area (Å²) in [5.41, 5.74) is -2.34. The molecule has 1 saturated heterocycles. The summed E-state index contributed by atoms with van der Waals surface area (Å²) in [7, 11) is 0. The zero-order valence-corrected chi connectivity index (χ0v) is 15.7. The smallest absolute Gasteiger partial charge is 0.416 e. The van der Waals surface area contributed by atoms with E-state index < -0.39 is 52.6 Å². The number of halogens is 6. The van der Waals surface area contributed by atoms with Gasteiger partial charge in [-0.3, -0.25) is 9.59 Å². The Morgan fingerprint density at radius 1 is 1.03 bits per heavy atom. The zero-order chi connectivity index (χ0) is 23.0. The second-order valence-electron chi connectivity index (χ2n) is 7.08. The molecule has 2 amide bonds. The van der Waals surface area contributed by atoms with Crippen LogP contribution in [-0.4, -0.2) is 34.4 Å². The highest BCUT2D eigenvalue weighted by molar-refractivity contribution is 5.97. The van der Waals surface area contributed by atoms with Crippen molar-refractivity contribution in [3.63, 3.8) is 0 Å². The fraction of sp³-hybridized carbons (Fsp3) is 0.300. The third-order valence-electron chi connectivity index (χ3n) is 4.75. The van der Waals surface area contributed by atoms with Gasteiger partial charge in [-0.05, 0) is 35.9 Å². The van der Waals surface area contributed by atoms with Crippen molar-refractivity contribution in [3.8, 4) is 5.75 Å². The van der Waals surface area contributed by atoms with Gasteiger partial charge in [-0.1, -0.05) is 12.1 Å². The van der Waals surface area contributed by atoms with E-state index in [1.165, 1.54) is 17.0 Å². The normalized spacial score (nSPS) is 17.2. The van der Waals surface area contributed by atoms with Crippen molar-refractivity contribution in [3.05, 3.63) is 64.7 Å². The number of phenolic OH excluding ortho intramolecular Hbond substituents is 1. The van der Waals surface area contributed by atoms with E-state index >= 15 is 0 Å². The predicted molar refractivity (Wildman–Crippen MR) is 95.8 cm³/mol. The fourth-order valence-corrected chi connectivity index (χ4v) is 3.25. The summed E-state index contributed by atoms with van der Waals surface area (Å²) in [4.78, 5) is 25.8. The van der Waals surface area contributed by atoms with Crippen LogP contribution in [0.15, 0.2) is 42.5 Å². The average Bonchev–Trinajstić information content (AvgIpc) is 2.99. The molecular formula is C20H16F6N2O3. The summed E-state index contributed by atoms with van der Waals surface area (Å²) in [6.07, 6.45) is -9.42. The number of rotatable bonds is 4. The van der Waals surface area contributed by atoms with Crippen molar-refractivity contribution in [1.29, 1.82) is 0 Å². The Hall–Kier alpha value is -3.24. The maximum absolute atomic E-state index is 12.8. The van der Waals surface area contributed by atoms with Crippen LogP contribution in [0.1, 0.15) is 33.5 Å². The maximum atomic E-state index is 12.8. The number of nitrogens with zero attached hydrogens (tertiary/aromatic N) is 1. The van der Waals surface area contributed by atoms with Crippen molar-refractivity contribution in [2.24, 2.45) is 0 Å². The first-order chi connectivity index (χ1) is 14.3. The van der Waals surface area contributed by atoms with Crippen LogP contribution in [0, 0.1) is 0 Å². The molecule has 5 nitrogen and oxygen atoms in total. The Morgan fingerprint density at radius 3 is 2.32 bits per heavy atom. The lowest BCUT2D eigenvalue weighted by atomic mass is 10.1. The number of likely N-dealkylation sites (tertiary alicyclic amines) is 1. The molecule has 0 aromatic heterocycles.